The molecule has 0 radical (unpaired) electrons. The molecule has 28 heavy (non-hydrogen) atoms. The summed E-state index contributed by atoms with van der Waals surface area (Å²) in [6.45, 7) is 3.25. The first-order valence-electron chi connectivity index (χ1n) is 9.59. The van der Waals surface area contributed by atoms with Crippen LogP contribution in [0.15, 0.2) is 60.8 Å². The molecule has 0 bridgehead atoms. The predicted molar refractivity (Wildman–Crippen MR) is 107 cm³/mol. The first-order valence-corrected chi connectivity index (χ1v) is 9.59. The number of nitrogens with zero attached hydrogens (tertiary/aromatic N) is 3. The molecule has 1 aliphatic heterocycles. The molecule has 0 aliphatic carbocycles. The van der Waals surface area contributed by atoms with Crippen LogP contribution >= 0.6 is 0 Å². The number of hydrogen-bond donors (Lipinski definition) is 1. The molecule has 1 amide bonds. The Labute approximate surface area is 163 Å². The third kappa shape index (κ3) is 4.12. The van der Waals surface area contributed by atoms with Crippen molar-refractivity contribution in [1.82, 2.24) is 20.0 Å². The molecular weight excluding hydrogens is 355 g/mol. The highest BCUT2D eigenvalue weighted by molar-refractivity contribution is 5.81. The Morgan fingerprint density at radius 2 is 1.82 bits per heavy atom. The smallest absolute Gasteiger partial charge is 0.227 e. The minimum Gasteiger partial charge on any atom is -0.341 e. The van der Waals surface area contributed by atoms with Crippen molar-refractivity contribution in [3.63, 3.8) is 0 Å². The van der Waals surface area contributed by atoms with Gasteiger partial charge in [0.15, 0.2) is 0 Å². The summed E-state index contributed by atoms with van der Waals surface area (Å²) in [6, 6.07) is 16.0. The zero-order chi connectivity index (χ0) is 19.3. The number of amides is 1. The van der Waals surface area contributed by atoms with Gasteiger partial charge in [-0.05, 0) is 49.4 Å². The molecule has 4 rings (SSSR count). The van der Waals surface area contributed by atoms with Gasteiger partial charge < -0.3 is 10.2 Å². The van der Waals surface area contributed by atoms with Gasteiger partial charge in [-0.3, -0.25) is 4.79 Å². The second kappa shape index (κ2) is 8.35. The second-order valence-electron chi connectivity index (χ2n) is 6.95. The largest absolute Gasteiger partial charge is 0.341 e. The molecule has 0 atom stereocenters. The standard InChI is InChI=1S/C22H23FN4O/c23-19-9-7-17(8-10-19)22-18(15-21(28)26-13-4-11-24-12-14-26)16-27(25-22)20-5-2-1-3-6-20/h1-3,5-10,16,24H,4,11-15H2. The maximum atomic E-state index is 13.4. The van der Waals surface area contributed by atoms with Crippen LogP contribution in [0.25, 0.3) is 16.9 Å². The van der Waals surface area contributed by atoms with E-state index in [0.29, 0.717) is 5.69 Å². The topological polar surface area (TPSA) is 50.2 Å². The zero-order valence-electron chi connectivity index (χ0n) is 15.6. The van der Waals surface area contributed by atoms with Gasteiger partial charge in [0, 0.05) is 37.0 Å². The van der Waals surface area contributed by atoms with Gasteiger partial charge in [-0.2, -0.15) is 5.10 Å². The van der Waals surface area contributed by atoms with Crippen LogP contribution in [-0.2, 0) is 11.2 Å². The van der Waals surface area contributed by atoms with E-state index in [0.717, 1.165) is 49.4 Å². The second-order valence-corrected chi connectivity index (χ2v) is 6.95. The van der Waals surface area contributed by atoms with Gasteiger partial charge in [0.2, 0.25) is 5.91 Å². The maximum absolute atomic E-state index is 13.4. The van der Waals surface area contributed by atoms with E-state index < -0.39 is 0 Å². The number of aromatic nitrogens is 2. The first kappa shape index (κ1) is 18.4. The Morgan fingerprint density at radius 1 is 1.04 bits per heavy atom. The molecule has 3 aromatic rings. The van der Waals surface area contributed by atoms with E-state index in [1.165, 1.54) is 12.1 Å². The molecule has 6 heteroatoms. The van der Waals surface area contributed by atoms with Gasteiger partial charge in [0.05, 0.1) is 17.8 Å². The lowest BCUT2D eigenvalue weighted by Gasteiger charge is -2.19. The number of benzene rings is 2. The Kier molecular flexibility index (Phi) is 5.48. The van der Waals surface area contributed by atoms with Crippen LogP contribution in [0.3, 0.4) is 0 Å². The molecule has 144 valence electrons. The van der Waals surface area contributed by atoms with Gasteiger partial charge in [-0.15, -0.1) is 0 Å². The molecule has 1 N–H and O–H groups in total. The van der Waals surface area contributed by atoms with Gasteiger partial charge >= 0.3 is 0 Å². The Hall–Kier alpha value is -2.99. The highest BCUT2D eigenvalue weighted by atomic mass is 19.1. The minimum atomic E-state index is -0.291. The molecule has 5 nitrogen and oxygen atoms in total. The van der Waals surface area contributed by atoms with Crippen molar-refractivity contribution in [3.05, 3.63) is 72.2 Å². The van der Waals surface area contributed by atoms with Gasteiger partial charge in [-0.25, -0.2) is 9.07 Å². The summed E-state index contributed by atoms with van der Waals surface area (Å²) in [5, 5.41) is 8.03. The minimum absolute atomic E-state index is 0.0969. The molecule has 2 aromatic carbocycles. The van der Waals surface area contributed by atoms with E-state index in [1.807, 2.05) is 41.4 Å². The fourth-order valence-electron chi connectivity index (χ4n) is 3.47. The van der Waals surface area contributed by atoms with Crippen molar-refractivity contribution in [1.29, 1.82) is 0 Å². The SMILES string of the molecule is O=C(Cc1cn(-c2ccccc2)nc1-c1ccc(F)cc1)N1CCCNCC1. The number of hydrogen-bond acceptors (Lipinski definition) is 3. The molecular formula is C22H23FN4O. The van der Waals surface area contributed by atoms with Crippen LogP contribution in [0.5, 0.6) is 0 Å². The summed E-state index contributed by atoms with van der Waals surface area (Å²) < 4.78 is 15.2. The summed E-state index contributed by atoms with van der Waals surface area (Å²) in [5.74, 6) is -0.194. The number of nitrogens with one attached hydrogen (secondary N) is 1. The summed E-state index contributed by atoms with van der Waals surface area (Å²) in [7, 11) is 0. The van der Waals surface area contributed by atoms with Crippen molar-refractivity contribution in [3.8, 4) is 16.9 Å². The molecule has 1 fully saturated rings. The molecule has 0 unspecified atom stereocenters. The van der Waals surface area contributed by atoms with Crippen LogP contribution in [0.1, 0.15) is 12.0 Å². The Morgan fingerprint density at radius 3 is 2.61 bits per heavy atom. The maximum Gasteiger partial charge on any atom is 0.227 e. The van der Waals surface area contributed by atoms with E-state index in [-0.39, 0.29) is 18.1 Å². The van der Waals surface area contributed by atoms with Crippen LogP contribution < -0.4 is 5.32 Å². The summed E-state index contributed by atoms with van der Waals surface area (Å²) >= 11 is 0. The number of rotatable bonds is 4. The Balaban J connectivity index is 1.66. The van der Waals surface area contributed by atoms with E-state index in [4.69, 9.17) is 5.10 Å². The van der Waals surface area contributed by atoms with E-state index in [1.54, 1.807) is 16.8 Å². The van der Waals surface area contributed by atoms with Gasteiger partial charge in [0.25, 0.3) is 0 Å². The lowest BCUT2D eigenvalue weighted by Crippen LogP contribution is -2.35. The van der Waals surface area contributed by atoms with Crippen LogP contribution in [0.2, 0.25) is 0 Å². The Bertz CT molecular complexity index is 929. The molecule has 0 saturated carbocycles. The third-order valence-electron chi connectivity index (χ3n) is 4.96. The highest BCUT2D eigenvalue weighted by Crippen LogP contribution is 2.25. The van der Waals surface area contributed by atoms with Crippen molar-refractivity contribution < 1.29 is 9.18 Å². The average Bonchev–Trinajstić information content (AvgIpc) is 2.95. The van der Waals surface area contributed by atoms with Crippen LogP contribution in [0, 0.1) is 5.82 Å². The average molecular weight is 378 g/mol. The number of carbonyl (C=O) groups excluding carboxylic acids is 1. The number of carbonyl (C=O) groups is 1. The normalized spacial score (nSPS) is 14.7. The molecule has 0 spiro atoms. The highest BCUT2D eigenvalue weighted by Gasteiger charge is 2.20. The zero-order valence-corrected chi connectivity index (χ0v) is 15.6. The molecule has 1 saturated heterocycles. The summed E-state index contributed by atoms with van der Waals surface area (Å²) in [4.78, 5) is 14.8. The molecule has 1 aromatic heterocycles. The fourth-order valence-corrected chi connectivity index (χ4v) is 3.47. The molecule has 2 heterocycles. The van der Waals surface area contributed by atoms with Gasteiger partial charge in [-0.1, -0.05) is 18.2 Å². The van der Waals surface area contributed by atoms with Crippen molar-refractivity contribution in [2.75, 3.05) is 26.2 Å². The fraction of sp³-hybridized carbons (Fsp3) is 0.273. The first-order chi connectivity index (χ1) is 13.7. The predicted octanol–water partition coefficient (Wildman–Crippen LogP) is 3.04. The van der Waals surface area contributed by atoms with Crippen molar-refractivity contribution in [2.24, 2.45) is 0 Å². The summed E-state index contributed by atoms with van der Waals surface area (Å²) in [5.41, 5.74) is 3.28. The third-order valence-corrected chi connectivity index (χ3v) is 4.96. The van der Waals surface area contributed by atoms with E-state index in [2.05, 4.69) is 5.32 Å². The quantitative estimate of drug-likeness (QED) is 0.759. The lowest BCUT2D eigenvalue weighted by molar-refractivity contribution is -0.130. The van der Waals surface area contributed by atoms with Crippen molar-refractivity contribution >= 4 is 5.91 Å². The lowest BCUT2D eigenvalue weighted by atomic mass is 10.1. The number of halogens is 1. The monoisotopic (exact) mass is 378 g/mol. The van der Waals surface area contributed by atoms with Gasteiger partial charge in [0.1, 0.15) is 5.82 Å². The van der Waals surface area contributed by atoms with Crippen LogP contribution in [0.4, 0.5) is 4.39 Å². The summed E-state index contributed by atoms with van der Waals surface area (Å²) in [6.07, 6.45) is 3.14. The van der Waals surface area contributed by atoms with Crippen LogP contribution in [-0.4, -0.2) is 46.8 Å². The van der Waals surface area contributed by atoms with E-state index >= 15 is 0 Å². The van der Waals surface area contributed by atoms with Crippen molar-refractivity contribution in [2.45, 2.75) is 12.8 Å². The van der Waals surface area contributed by atoms with E-state index in [9.17, 15) is 9.18 Å². The number of para-hydroxylation sites is 1. The molecule has 1 aliphatic rings.